The predicted molar refractivity (Wildman–Crippen MR) is 87.5 cm³/mol. The van der Waals surface area contributed by atoms with Crippen LogP contribution < -0.4 is 0 Å². The van der Waals surface area contributed by atoms with Crippen LogP contribution in [-0.2, 0) is 18.9 Å². The van der Waals surface area contributed by atoms with Crippen molar-refractivity contribution in [3.63, 3.8) is 0 Å². The molecule has 3 aliphatic rings. The molecular formula is C15H24O5S2. The molecule has 0 bridgehead atoms. The molecular weight excluding hydrogens is 324 g/mol. The number of rotatable bonds is 2. The van der Waals surface area contributed by atoms with E-state index in [4.69, 9.17) is 18.9 Å². The molecule has 0 spiro atoms. The van der Waals surface area contributed by atoms with E-state index < -0.39 is 29.9 Å². The first-order chi connectivity index (χ1) is 10.3. The molecule has 0 saturated carbocycles. The normalized spacial score (nSPS) is 35.6. The highest BCUT2D eigenvalue weighted by Crippen LogP contribution is 2.42. The minimum absolute atomic E-state index is 0.100. The second kappa shape index (κ2) is 6.09. The Morgan fingerprint density at radius 1 is 1.14 bits per heavy atom. The molecule has 2 fully saturated rings. The van der Waals surface area contributed by atoms with Gasteiger partial charge in [0.1, 0.15) is 18.5 Å². The molecule has 3 rings (SSSR count). The van der Waals surface area contributed by atoms with Crippen molar-refractivity contribution in [2.24, 2.45) is 0 Å². The fraction of sp³-hybridized carbons (Fsp3) is 0.867. The van der Waals surface area contributed by atoms with Crippen LogP contribution >= 0.6 is 23.5 Å². The second-order valence-electron chi connectivity index (χ2n) is 6.61. The zero-order valence-electron chi connectivity index (χ0n) is 13.4. The first-order valence-corrected chi connectivity index (χ1v) is 9.71. The van der Waals surface area contributed by atoms with Crippen LogP contribution in [-0.4, -0.2) is 51.1 Å². The maximum absolute atomic E-state index is 10.9. The van der Waals surface area contributed by atoms with Crippen LogP contribution in [0.15, 0.2) is 12.0 Å². The summed E-state index contributed by atoms with van der Waals surface area (Å²) in [6.45, 7) is 7.36. The summed E-state index contributed by atoms with van der Waals surface area (Å²) in [6.07, 6.45) is 1.24. The van der Waals surface area contributed by atoms with Gasteiger partial charge >= 0.3 is 0 Å². The lowest BCUT2D eigenvalue weighted by atomic mass is 10.0. The van der Waals surface area contributed by atoms with Gasteiger partial charge in [-0.3, -0.25) is 0 Å². The van der Waals surface area contributed by atoms with Gasteiger partial charge in [0.25, 0.3) is 0 Å². The Bertz CT molecular complexity index is 445. The molecule has 7 heteroatoms. The molecule has 0 aromatic heterocycles. The molecule has 1 N–H and O–H groups in total. The van der Waals surface area contributed by atoms with Gasteiger partial charge in [0.15, 0.2) is 11.9 Å². The lowest BCUT2D eigenvalue weighted by molar-refractivity contribution is -0.341. The number of aliphatic hydroxyl groups excluding tert-OH is 1. The van der Waals surface area contributed by atoms with Crippen molar-refractivity contribution < 1.29 is 24.1 Å². The Morgan fingerprint density at radius 3 is 2.50 bits per heavy atom. The predicted octanol–water partition coefficient (Wildman–Crippen LogP) is 2.69. The maximum Gasteiger partial charge on any atom is 0.205 e. The number of hydrogen-bond donors (Lipinski definition) is 1. The van der Waals surface area contributed by atoms with E-state index in [-0.39, 0.29) is 4.58 Å². The minimum Gasteiger partial charge on any atom is -0.467 e. The van der Waals surface area contributed by atoms with Crippen LogP contribution in [0.3, 0.4) is 0 Å². The smallest absolute Gasteiger partial charge is 0.205 e. The summed E-state index contributed by atoms with van der Waals surface area (Å²) >= 11 is 3.58. The number of fused-ring (bicyclic) bond motifs is 1. The highest BCUT2D eigenvalue weighted by Gasteiger charge is 2.50. The summed E-state index contributed by atoms with van der Waals surface area (Å²) in [4.78, 5) is 0. The summed E-state index contributed by atoms with van der Waals surface area (Å²) in [6, 6.07) is 0. The van der Waals surface area contributed by atoms with Gasteiger partial charge in [-0.2, -0.15) is 0 Å². The van der Waals surface area contributed by atoms with Crippen molar-refractivity contribution in [3.8, 4) is 0 Å². The van der Waals surface area contributed by atoms with Gasteiger partial charge in [-0.25, -0.2) is 0 Å². The van der Waals surface area contributed by atoms with Crippen molar-refractivity contribution in [3.05, 3.63) is 12.0 Å². The van der Waals surface area contributed by atoms with Gasteiger partial charge in [0, 0.05) is 27.7 Å². The summed E-state index contributed by atoms with van der Waals surface area (Å²) in [5.74, 6) is 1.17. The van der Waals surface area contributed by atoms with E-state index in [2.05, 4.69) is 0 Å². The molecule has 3 heterocycles. The molecule has 0 aromatic rings. The van der Waals surface area contributed by atoms with E-state index in [1.165, 1.54) is 6.42 Å². The van der Waals surface area contributed by atoms with Crippen LogP contribution in [0.2, 0.25) is 0 Å². The van der Waals surface area contributed by atoms with E-state index in [9.17, 15) is 5.11 Å². The van der Waals surface area contributed by atoms with Crippen LogP contribution in [0.4, 0.5) is 0 Å². The van der Waals surface area contributed by atoms with Crippen molar-refractivity contribution in [2.45, 2.75) is 68.6 Å². The topological polar surface area (TPSA) is 57.2 Å². The Balaban J connectivity index is 1.83. The molecule has 0 amide bonds. The van der Waals surface area contributed by atoms with Crippen LogP contribution in [0.1, 0.15) is 34.1 Å². The lowest BCUT2D eigenvalue weighted by Crippen LogP contribution is -2.58. The minimum atomic E-state index is -0.813. The average molecular weight is 348 g/mol. The van der Waals surface area contributed by atoms with Gasteiger partial charge in [0.2, 0.25) is 11.6 Å². The molecule has 0 radical (unpaired) electrons. The van der Waals surface area contributed by atoms with Crippen LogP contribution in [0.25, 0.3) is 0 Å². The van der Waals surface area contributed by atoms with Crippen molar-refractivity contribution >= 4 is 23.5 Å². The maximum atomic E-state index is 10.9. The number of thioether (sulfide) groups is 2. The standard InChI is InChI=1S/C15H24O5S2/c1-14(2)17-8-9-11(19-14)12(20-15(3,4)18-9)10(16)13-21-6-5-7-22-13/h8,10-13,16H,5-7H2,1-4H3. The third-order valence-corrected chi connectivity index (χ3v) is 6.78. The van der Waals surface area contributed by atoms with Gasteiger partial charge in [0.05, 0.1) is 4.58 Å². The molecule has 3 aliphatic heterocycles. The van der Waals surface area contributed by atoms with Crippen LogP contribution in [0.5, 0.6) is 0 Å². The fourth-order valence-electron chi connectivity index (χ4n) is 2.77. The summed E-state index contributed by atoms with van der Waals surface area (Å²) in [5.41, 5.74) is 0. The molecule has 5 nitrogen and oxygen atoms in total. The monoisotopic (exact) mass is 348 g/mol. The van der Waals surface area contributed by atoms with E-state index in [1.807, 2.05) is 27.7 Å². The highest BCUT2D eigenvalue weighted by atomic mass is 32.2. The molecule has 0 aromatic carbocycles. The largest absolute Gasteiger partial charge is 0.467 e. The van der Waals surface area contributed by atoms with E-state index >= 15 is 0 Å². The Labute approximate surface area is 140 Å². The van der Waals surface area contributed by atoms with Crippen molar-refractivity contribution in [1.29, 1.82) is 0 Å². The highest BCUT2D eigenvalue weighted by molar-refractivity contribution is 8.17. The molecule has 22 heavy (non-hydrogen) atoms. The summed E-state index contributed by atoms with van der Waals surface area (Å²) in [7, 11) is 0. The SMILES string of the molecule is CC1(C)OC=C2OC(C)(C)OC(C(O)C3SCCCS3)C2O1. The van der Waals surface area contributed by atoms with Crippen molar-refractivity contribution in [2.75, 3.05) is 11.5 Å². The molecule has 0 aliphatic carbocycles. The van der Waals surface area contributed by atoms with E-state index in [1.54, 1.807) is 29.8 Å². The lowest BCUT2D eigenvalue weighted by Gasteiger charge is -2.48. The molecule has 126 valence electrons. The molecule has 3 atom stereocenters. The average Bonchev–Trinajstić information content (AvgIpc) is 2.46. The number of ether oxygens (including phenoxy) is 4. The van der Waals surface area contributed by atoms with Gasteiger partial charge in [-0.15, -0.1) is 23.5 Å². The Hall–Kier alpha value is -0.0800. The fourth-order valence-corrected chi connectivity index (χ4v) is 5.71. The van der Waals surface area contributed by atoms with Gasteiger partial charge in [-0.05, 0) is 17.9 Å². The second-order valence-corrected chi connectivity index (χ2v) is 9.41. The molecule has 3 unspecified atom stereocenters. The van der Waals surface area contributed by atoms with Gasteiger partial charge in [-0.1, -0.05) is 0 Å². The summed E-state index contributed by atoms with van der Waals surface area (Å²) in [5, 5.41) is 10.9. The van der Waals surface area contributed by atoms with E-state index in [0.29, 0.717) is 5.76 Å². The van der Waals surface area contributed by atoms with E-state index in [0.717, 1.165) is 11.5 Å². The van der Waals surface area contributed by atoms with Crippen molar-refractivity contribution in [1.82, 2.24) is 0 Å². The number of hydrogen-bond acceptors (Lipinski definition) is 7. The van der Waals surface area contributed by atoms with Gasteiger partial charge < -0.3 is 24.1 Å². The third-order valence-electron chi connectivity index (χ3n) is 3.70. The molecule has 2 saturated heterocycles. The zero-order chi connectivity index (χ0) is 16.0. The van der Waals surface area contributed by atoms with Crippen LogP contribution in [0, 0.1) is 0 Å². The third kappa shape index (κ3) is 3.53. The first kappa shape index (κ1) is 16.8. The quantitative estimate of drug-likeness (QED) is 0.823. The first-order valence-electron chi connectivity index (χ1n) is 7.61. The Kier molecular flexibility index (Phi) is 4.64. The number of aliphatic hydroxyl groups is 1. The Morgan fingerprint density at radius 2 is 1.82 bits per heavy atom. The summed E-state index contributed by atoms with van der Waals surface area (Å²) < 4.78 is 23.5. The zero-order valence-corrected chi connectivity index (χ0v) is 15.0.